The minimum Gasteiger partial charge on any atom is -0.462 e. The van der Waals surface area contributed by atoms with Crippen molar-refractivity contribution in [3.8, 4) is 0 Å². The van der Waals surface area contributed by atoms with E-state index >= 15 is 0 Å². The van der Waals surface area contributed by atoms with Crippen LogP contribution in [-0.4, -0.2) is 96.7 Å². The molecule has 0 bridgehead atoms. The molecule has 0 aliphatic rings. The summed E-state index contributed by atoms with van der Waals surface area (Å²) in [5.41, 5.74) is 0. The summed E-state index contributed by atoms with van der Waals surface area (Å²) in [7, 11) is -9.93. The van der Waals surface area contributed by atoms with E-state index in [9.17, 15) is 43.2 Å². The van der Waals surface area contributed by atoms with Crippen LogP contribution in [0.3, 0.4) is 0 Å². The van der Waals surface area contributed by atoms with E-state index in [0.29, 0.717) is 25.7 Å². The van der Waals surface area contributed by atoms with Gasteiger partial charge in [-0.25, -0.2) is 9.13 Å². The molecule has 0 spiro atoms. The molecule has 0 rings (SSSR count). The minimum absolute atomic E-state index is 0.105. The first kappa shape index (κ1) is 103. The highest BCUT2D eigenvalue weighted by Crippen LogP contribution is 2.45. The molecule has 0 aliphatic heterocycles. The van der Waals surface area contributed by atoms with Crippen molar-refractivity contribution in [1.82, 2.24) is 0 Å². The second-order valence-electron chi connectivity index (χ2n) is 32.1. The van der Waals surface area contributed by atoms with E-state index in [-0.39, 0.29) is 25.7 Å². The van der Waals surface area contributed by atoms with E-state index in [4.69, 9.17) is 37.0 Å². The van der Waals surface area contributed by atoms with Crippen molar-refractivity contribution in [2.24, 2.45) is 17.8 Å². The molecule has 0 aromatic heterocycles. The van der Waals surface area contributed by atoms with Gasteiger partial charge < -0.3 is 33.8 Å². The van der Waals surface area contributed by atoms with Gasteiger partial charge in [0.15, 0.2) is 12.2 Å². The standard InChI is InChI=1S/C86H168O17P2/c1-8-10-11-12-13-14-15-16-17-18-19-20-21-25-28-31-34-40-45-53-60-67-83(88)96-73-81(102-85(90)69-62-55-46-41-35-32-29-26-23-22-24-27-30-33-38-43-50-57-64-77(3)4)75-100-104(92,93)98-71-80(87)72-99-105(94,95)101-76-82(74-97-84(89)68-61-54-49-48-52-59-66-79(7)9-2)103-86(91)70-63-56-47-42-37-36-39-44-51-58-65-78(5)6/h77-82,87H,8-76H2,1-7H3,(H,92,93)(H,94,95)/t79?,80-,81-,82-/m1/s1. The highest BCUT2D eigenvalue weighted by atomic mass is 31.2. The van der Waals surface area contributed by atoms with Crippen LogP contribution in [0.4, 0.5) is 0 Å². The van der Waals surface area contributed by atoms with Crippen LogP contribution in [0.1, 0.15) is 453 Å². The molecule has 0 radical (unpaired) electrons. The Balaban J connectivity index is 5.21. The number of unbranched alkanes of at least 4 members (excludes halogenated alkanes) is 51. The average Bonchev–Trinajstić information content (AvgIpc) is 0.915. The summed E-state index contributed by atoms with van der Waals surface area (Å²) >= 11 is 0. The Morgan fingerprint density at radius 1 is 0.276 bits per heavy atom. The lowest BCUT2D eigenvalue weighted by Gasteiger charge is -2.21. The zero-order valence-corrected chi connectivity index (χ0v) is 71.0. The number of carbonyl (C=O) groups is 4. The number of phosphoric acid groups is 2. The van der Waals surface area contributed by atoms with Crippen molar-refractivity contribution in [3.05, 3.63) is 0 Å². The van der Waals surface area contributed by atoms with E-state index in [1.54, 1.807) is 0 Å². The fourth-order valence-corrected chi connectivity index (χ4v) is 14.9. The van der Waals surface area contributed by atoms with Crippen molar-refractivity contribution >= 4 is 39.5 Å². The molecule has 0 amide bonds. The summed E-state index contributed by atoms with van der Waals surface area (Å²) in [6.45, 7) is 12.0. The van der Waals surface area contributed by atoms with Crippen LogP contribution < -0.4 is 0 Å². The lowest BCUT2D eigenvalue weighted by Crippen LogP contribution is -2.30. The molecular formula is C86H168O17P2. The first-order valence-electron chi connectivity index (χ1n) is 44.4. The fourth-order valence-electron chi connectivity index (χ4n) is 13.3. The maximum atomic E-state index is 13.1. The van der Waals surface area contributed by atoms with Gasteiger partial charge in [-0.05, 0) is 43.4 Å². The molecule has 17 nitrogen and oxygen atoms in total. The molecule has 6 atom stereocenters. The highest BCUT2D eigenvalue weighted by Gasteiger charge is 2.30. The molecule has 0 aromatic rings. The normalized spacial score (nSPS) is 14.1. The number of ether oxygens (including phenoxy) is 4. The zero-order valence-electron chi connectivity index (χ0n) is 69.2. The summed E-state index contributed by atoms with van der Waals surface area (Å²) in [6.07, 6.45) is 66.9. The van der Waals surface area contributed by atoms with E-state index in [0.717, 1.165) is 114 Å². The molecule has 624 valence electrons. The third-order valence-electron chi connectivity index (χ3n) is 20.5. The van der Waals surface area contributed by atoms with Gasteiger partial charge in [-0.2, -0.15) is 0 Å². The van der Waals surface area contributed by atoms with Crippen molar-refractivity contribution in [3.63, 3.8) is 0 Å². The van der Waals surface area contributed by atoms with Crippen molar-refractivity contribution in [2.45, 2.75) is 471 Å². The number of esters is 4. The largest absolute Gasteiger partial charge is 0.472 e. The fraction of sp³-hybridized carbons (Fsp3) is 0.953. The first-order chi connectivity index (χ1) is 50.8. The predicted octanol–water partition coefficient (Wildman–Crippen LogP) is 26.1. The van der Waals surface area contributed by atoms with E-state index in [1.807, 2.05) is 0 Å². The van der Waals surface area contributed by atoms with Crippen molar-refractivity contribution in [1.29, 1.82) is 0 Å². The maximum Gasteiger partial charge on any atom is 0.472 e. The average molecular weight is 1540 g/mol. The number of hydrogen-bond acceptors (Lipinski definition) is 15. The van der Waals surface area contributed by atoms with Crippen LogP contribution in [0.15, 0.2) is 0 Å². The van der Waals surface area contributed by atoms with Gasteiger partial charge in [0, 0.05) is 25.7 Å². The molecule has 0 heterocycles. The third-order valence-corrected chi connectivity index (χ3v) is 22.4. The van der Waals surface area contributed by atoms with Crippen LogP contribution in [0.25, 0.3) is 0 Å². The SMILES string of the molecule is CCCCCCCCCCCCCCCCCCCCCCCC(=O)OC[C@H](COP(=O)(O)OC[C@@H](O)COP(=O)(O)OC[C@@H](COC(=O)CCCCCCCCC(C)CC)OC(=O)CCCCCCCCCCCCC(C)C)OC(=O)CCCCCCCCCCCCCCCCCCCCC(C)C. The summed E-state index contributed by atoms with van der Waals surface area (Å²) < 4.78 is 68.8. The smallest absolute Gasteiger partial charge is 0.462 e. The molecule has 3 N–H and O–H groups in total. The van der Waals surface area contributed by atoms with Crippen molar-refractivity contribution in [2.75, 3.05) is 39.6 Å². The Morgan fingerprint density at radius 3 is 0.724 bits per heavy atom. The summed E-state index contributed by atoms with van der Waals surface area (Å²) in [4.78, 5) is 73.2. The molecule has 0 aliphatic carbocycles. The van der Waals surface area contributed by atoms with Gasteiger partial charge in [0.1, 0.15) is 19.3 Å². The van der Waals surface area contributed by atoms with E-state index in [1.165, 1.54) is 257 Å². The number of phosphoric ester groups is 2. The van der Waals surface area contributed by atoms with Gasteiger partial charge in [0.05, 0.1) is 26.4 Å². The minimum atomic E-state index is -4.97. The van der Waals surface area contributed by atoms with E-state index < -0.39 is 97.5 Å². The zero-order chi connectivity index (χ0) is 77.2. The van der Waals surface area contributed by atoms with Gasteiger partial charge in [0.25, 0.3) is 0 Å². The molecule has 0 aromatic carbocycles. The van der Waals surface area contributed by atoms with Crippen LogP contribution in [0.5, 0.6) is 0 Å². The summed E-state index contributed by atoms with van der Waals surface area (Å²) in [5.74, 6) is 0.195. The third kappa shape index (κ3) is 78.5. The predicted molar refractivity (Wildman–Crippen MR) is 432 cm³/mol. The van der Waals surface area contributed by atoms with E-state index in [2.05, 4.69) is 48.5 Å². The molecule has 0 fully saturated rings. The Bertz CT molecular complexity index is 2030. The van der Waals surface area contributed by atoms with Crippen LogP contribution in [-0.2, 0) is 65.4 Å². The number of aliphatic hydroxyl groups excluding tert-OH is 1. The van der Waals surface area contributed by atoms with Gasteiger partial charge >= 0.3 is 39.5 Å². The van der Waals surface area contributed by atoms with Gasteiger partial charge in [-0.15, -0.1) is 0 Å². The van der Waals surface area contributed by atoms with Gasteiger partial charge in [0.2, 0.25) is 0 Å². The summed E-state index contributed by atoms with van der Waals surface area (Å²) in [5, 5.41) is 10.7. The van der Waals surface area contributed by atoms with Gasteiger partial charge in [-0.1, -0.05) is 402 Å². The lowest BCUT2D eigenvalue weighted by molar-refractivity contribution is -0.161. The van der Waals surface area contributed by atoms with Crippen LogP contribution >= 0.6 is 15.6 Å². The molecule has 0 saturated carbocycles. The van der Waals surface area contributed by atoms with Crippen LogP contribution in [0, 0.1) is 17.8 Å². The highest BCUT2D eigenvalue weighted by molar-refractivity contribution is 7.47. The molecule has 19 heteroatoms. The Kier molecular flexibility index (Phi) is 74.7. The molecular weight excluding hydrogens is 1370 g/mol. The molecule has 105 heavy (non-hydrogen) atoms. The summed E-state index contributed by atoms with van der Waals surface area (Å²) in [6, 6.07) is 0. The van der Waals surface area contributed by atoms with Crippen molar-refractivity contribution < 1.29 is 80.2 Å². The lowest BCUT2D eigenvalue weighted by atomic mass is 10.00. The number of rotatable bonds is 84. The van der Waals surface area contributed by atoms with Gasteiger partial charge in [-0.3, -0.25) is 37.3 Å². The first-order valence-corrected chi connectivity index (χ1v) is 47.4. The topological polar surface area (TPSA) is 237 Å². The monoisotopic (exact) mass is 1540 g/mol. The Morgan fingerprint density at radius 2 is 0.486 bits per heavy atom. The quantitative estimate of drug-likeness (QED) is 0.0222. The number of aliphatic hydroxyl groups is 1. The number of carbonyl (C=O) groups excluding carboxylic acids is 4. The number of hydrogen-bond donors (Lipinski definition) is 3. The molecule has 3 unspecified atom stereocenters. The Hall–Kier alpha value is -1.94. The second-order valence-corrected chi connectivity index (χ2v) is 35.0. The maximum absolute atomic E-state index is 13.1. The molecule has 0 saturated heterocycles. The van der Waals surface area contributed by atoms with Crippen LogP contribution in [0.2, 0.25) is 0 Å². The Labute approximate surface area is 645 Å². The second kappa shape index (κ2) is 76.1.